The maximum atomic E-state index is 12.0. The van der Waals surface area contributed by atoms with Gasteiger partial charge in [0.2, 0.25) is 10.4 Å². The predicted molar refractivity (Wildman–Crippen MR) is 127 cm³/mol. The SMILES string of the molecule is CCOC(=S)SC(C1CC1)C(Cc1ccc(OC)c(OCc2ccccc2)c1)[N+](=O)[O-]. The summed E-state index contributed by atoms with van der Waals surface area (Å²) in [5.74, 6) is 1.47. The summed E-state index contributed by atoms with van der Waals surface area (Å²) in [6, 6.07) is 14.6. The van der Waals surface area contributed by atoms with Crippen LogP contribution in [0.15, 0.2) is 48.5 Å². The van der Waals surface area contributed by atoms with E-state index in [9.17, 15) is 10.1 Å². The number of thiocarbonyl (C=S) groups is 1. The second kappa shape index (κ2) is 11.3. The molecule has 1 aliphatic rings. The van der Waals surface area contributed by atoms with Gasteiger partial charge in [0.1, 0.15) is 6.61 Å². The van der Waals surface area contributed by atoms with Gasteiger partial charge < -0.3 is 14.2 Å². The van der Waals surface area contributed by atoms with Crippen molar-refractivity contribution in [3.05, 3.63) is 69.8 Å². The quantitative estimate of drug-likeness (QED) is 0.256. The molecule has 3 rings (SSSR count). The van der Waals surface area contributed by atoms with Crippen molar-refractivity contribution in [3.8, 4) is 11.5 Å². The van der Waals surface area contributed by atoms with Crippen LogP contribution in [0.2, 0.25) is 0 Å². The van der Waals surface area contributed by atoms with Crippen LogP contribution in [0.25, 0.3) is 0 Å². The van der Waals surface area contributed by atoms with E-state index in [4.69, 9.17) is 26.4 Å². The molecule has 8 heteroatoms. The van der Waals surface area contributed by atoms with Crippen molar-refractivity contribution < 1.29 is 19.1 Å². The largest absolute Gasteiger partial charge is 0.493 e. The van der Waals surface area contributed by atoms with Crippen LogP contribution < -0.4 is 9.47 Å². The van der Waals surface area contributed by atoms with Crippen LogP contribution in [0.4, 0.5) is 0 Å². The van der Waals surface area contributed by atoms with Crippen molar-refractivity contribution in [2.45, 2.75) is 44.1 Å². The Morgan fingerprint density at radius 3 is 2.55 bits per heavy atom. The minimum Gasteiger partial charge on any atom is -0.493 e. The third-order valence-corrected chi connectivity index (χ3v) is 6.83. The summed E-state index contributed by atoms with van der Waals surface area (Å²) in [7, 11) is 1.58. The van der Waals surface area contributed by atoms with E-state index < -0.39 is 6.04 Å². The Kier molecular flexibility index (Phi) is 8.54. The van der Waals surface area contributed by atoms with E-state index in [1.54, 1.807) is 13.2 Å². The Bertz CT molecular complexity index is 889. The summed E-state index contributed by atoms with van der Waals surface area (Å²) in [6.45, 7) is 2.72. The molecule has 0 N–H and O–H groups in total. The molecular weight excluding hydrogens is 434 g/mol. The van der Waals surface area contributed by atoms with Crippen molar-refractivity contribution in [1.29, 1.82) is 0 Å². The lowest BCUT2D eigenvalue weighted by molar-refractivity contribution is -0.522. The molecule has 0 bridgehead atoms. The van der Waals surface area contributed by atoms with Crippen LogP contribution in [0.1, 0.15) is 30.9 Å². The standard InChI is InChI=1S/C23H27NO5S2/c1-3-28-23(30)31-22(18-10-11-18)19(24(25)26)13-17-9-12-20(27-2)21(14-17)29-15-16-7-5-4-6-8-16/h4-9,12,14,18-19,22H,3,10-11,13,15H2,1-2H3. The number of nitro groups is 1. The van der Waals surface area contributed by atoms with Gasteiger partial charge in [0.15, 0.2) is 11.5 Å². The number of nitrogens with zero attached hydrogens (tertiary/aromatic N) is 1. The van der Waals surface area contributed by atoms with Crippen LogP contribution in [0.3, 0.4) is 0 Å². The number of methoxy groups -OCH3 is 1. The van der Waals surface area contributed by atoms with Gasteiger partial charge in [-0.25, -0.2) is 0 Å². The van der Waals surface area contributed by atoms with Crippen LogP contribution >= 0.6 is 24.0 Å². The highest BCUT2D eigenvalue weighted by Crippen LogP contribution is 2.43. The second-order valence-electron chi connectivity index (χ2n) is 7.42. The Morgan fingerprint density at radius 2 is 1.94 bits per heavy atom. The molecule has 0 spiro atoms. The summed E-state index contributed by atoms with van der Waals surface area (Å²) in [5, 5.41) is 11.8. The lowest BCUT2D eigenvalue weighted by Gasteiger charge is -2.21. The van der Waals surface area contributed by atoms with Crippen molar-refractivity contribution in [3.63, 3.8) is 0 Å². The third kappa shape index (κ3) is 6.83. The fourth-order valence-corrected chi connectivity index (χ4v) is 5.10. The summed E-state index contributed by atoms with van der Waals surface area (Å²) in [5.41, 5.74) is 1.87. The number of rotatable bonds is 11. The van der Waals surface area contributed by atoms with E-state index in [2.05, 4.69) is 0 Å². The molecule has 0 radical (unpaired) electrons. The zero-order valence-corrected chi connectivity index (χ0v) is 19.3. The molecule has 0 heterocycles. The fraction of sp³-hybridized carbons (Fsp3) is 0.435. The molecule has 1 aliphatic carbocycles. The molecule has 6 nitrogen and oxygen atoms in total. The highest BCUT2D eigenvalue weighted by atomic mass is 32.2. The first-order valence-corrected chi connectivity index (χ1v) is 11.6. The first kappa shape index (κ1) is 23.3. The van der Waals surface area contributed by atoms with Crippen LogP contribution in [-0.4, -0.2) is 34.3 Å². The molecule has 2 aromatic rings. The number of thioether (sulfide) groups is 1. The Balaban J connectivity index is 1.76. The molecule has 31 heavy (non-hydrogen) atoms. The van der Waals surface area contributed by atoms with Crippen LogP contribution in [0, 0.1) is 16.0 Å². The summed E-state index contributed by atoms with van der Waals surface area (Å²) < 4.78 is 17.2. The first-order valence-electron chi connectivity index (χ1n) is 10.3. The van der Waals surface area contributed by atoms with E-state index in [0.717, 1.165) is 24.0 Å². The molecule has 1 saturated carbocycles. The summed E-state index contributed by atoms with van der Waals surface area (Å²) in [6.07, 6.45) is 2.27. The molecule has 166 valence electrons. The number of hydrogen-bond acceptors (Lipinski definition) is 7. The minimum atomic E-state index is -0.758. The van der Waals surface area contributed by atoms with Gasteiger partial charge in [-0.3, -0.25) is 10.1 Å². The number of benzene rings is 2. The fourth-order valence-electron chi connectivity index (χ4n) is 3.43. The van der Waals surface area contributed by atoms with Crippen molar-refractivity contribution in [2.75, 3.05) is 13.7 Å². The van der Waals surface area contributed by atoms with Crippen molar-refractivity contribution >= 4 is 28.4 Å². The van der Waals surface area contributed by atoms with E-state index >= 15 is 0 Å². The third-order valence-electron chi connectivity index (χ3n) is 5.14. The van der Waals surface area contributed by atoms with Gasteiger partial charge >= 0.3 is 0 Å². The van der Waals surface area contributed by atoms with E-state index in [-0.39, 0.29) is 10.2 Å². The molecule has 0 aliphatic heterocycles. The average molecular weight is 462 g/mol. The molecule has 2 atom stereocenters. The lowest BCUT2D eigenvalue weighted by atomic mass is 10.0. The number of ether oxygens (including phenoxy) is 3. The molecule has 0 amide bonds. The van der Waals surface area contributed by atoms with Gasteiger partial charge in [-0.1, -0.05) is 48.2 Å². The second-order valence-corrected chi connectivity index (χ2v) is 9.20. The molecule has 2 aromatic carbocycles. The Hall–Kier alpha value is -2.32. The smallest absolute Gasteiger partial charge is 0.229 e. The van der Waals surface area contributed by atoms with E-state index in [0.29, 0.717) is 41.4 Å². The highest BCUT2D eigenvalue weighted by molar-refractivity contribution is 8.23. The average Bonchev–Trinajstić information content (AvgIpc) is 3.61. The topological polar surface area (TPSA) is 70.8 Å². The van der Waals surface area contributed by atoms with Gasteiger partial charge in [-0.2, -0.15) is 0 Å². The van der Waals surface area contributed by atoms with Gasteiger partial charge in [-0.15, -0.1) is 0 Å². The van der Waals surface area contributed by atoms with Gasteiger partial charge in [-0.05, 0) is 61.2 Å². The molecule has 1 fully saturated rings. The Labute approximate surface area is 192 Å². The zero-order valence-electron chi connectivity index (χ0n) is 17.7. The highest BCUT2D eigenvalue weighted by Gasteiger charge is 2.44. The molecule has 0 aromatic heterocycles. The summed E-state index contributed by atoms with van der Waals surface area (Å²) in [4.78, 5) is 11.8. The maximum absolute atomic E-state index is 12.0. The van der Waals surface area contributed by atoms with Crippen molar-refractivity contribution in [1.82, 2.24) is 0 Å². The van der Waals surface area contributed by atoms with E-state index in [1.807, 2.05) is 49.4 Å². The monoisotopic (exact) mass is 461 g/mol. The van der Waals surface area contributed by atoms with Crippen LogP contribution in [-0.2, 0) is 17.8 Å². The van der Waals surface area contributed by atoms with E-state index in [1.165, 1.54) is 11.8 Å². The molecule has 2 unspecified atom stereocenters. The zero-order chi connectivity index (χ0) is 22.2. The Morgan fingerprint density at radius 1 is 1.19 bits per heavy atom. The van der Waals surface area contributed by atoms with Gasteiger partial charge in [0, 0.05) is 11.3 Å². The summed E-state index contributed by atoms with van der Waals surface area (Å²) >= 11 is 6.59. The minimum absolute atomic E-state index is 0.181. The normalized spacial score (nSPS) is 15.0. The first-order chi connectivity index (χ1) is 15.0. The predicted octanol–water partition coefficient (Wildman–Crippen LogP) is 5.30. The maximum Gasteiger partial charge on any atom is 0.229 e. The van der Waals surface area contributed by atoms with Gasteiger partial charge in [0.25, 0.3) is 0 Å². The van der Waals surface area contributed by atoms with Crippen molar-refractivity contribution in [2.24, 2.45) is 5.92 Å². The molecule has 0 saturated heterocycles. The molecular formula is C23H27NO5S2. The number of hydrogen-bond donors (Lipinski definition) is 0. The van der Waals surface area contributed by atoms with Gasteiger partial charge in [0.05, 0.1) is 19.0 Å². The van der Waals surface area contributed by atoms with Crippen LogP contribution in [0.5, 0.6) is 11.5 Å². The lowest BCUT2D eigenvalue weighted by Crippen LogP contribution is -2.36.